The molecule has 0 aliphatic carbocycles. The Morgan fingerprint density at radius 2 is 1.71 bits per heavy atom. The molecule has 0 bridgehead atoms. The molecule has 2 aliphatic heterocycles. The van der Waals surface area contributed by atoms with Crippen LogP contribution in [0.25, 0.3) is 0 Å². The summed E-state index contributed by atoms with van der Waals surface area (Å²) in [7, 11) is 0. The molecule has 2 aliphatic rings. The van der Waals surface area contributed by atoms with Crippen molar-refractivity contribution in [1.29, 1.82) is 0 Å². The zero-order valence-corrected chi connectivity index (χ0v) is 19.6. The SMILES string of the molecule is CC(C)N1CCN(c2ccc(C(=O)Nc3ccc4c(c3F)CCNC4)cc2)CC1.Cl.Cl. The van der Waals surface area contributed by atoms with Crippen molar-refractivity contribution in [3.05, 3.63) is 58.9 Å². The maximum Gasteiger partial charge on any atom is 0.255 e. The van der Waals surface area contributed by atoms with E-state index in [4.69, 9.17) is 0 Å². The number of anilines is 2. The summed E-state index contributed by atoms with van der Waals surface area (Å²) in [6.45, 7) is 9.95. The molecule has 2 aromatic rings. The number of hydrogen-bond donors (Lipinski definition) is 2. The third-order valence-corrected chi connectivity index (χ3v) is 5.99. The summed E-state index contributed by atoms with van der Waals surface area (Å²) >= 11 is 0. The minimum absolute atomic E-state index is 0. The first-order chi connectivity index (χ1) is 14.0. The monoisotopic (exact) mass is 468 g/mol. The second-order valence-corrected chi connectivity index (χ2v) is 8.11. The van der Waals surface area contributed by atoms with E-state index in [9.17, 15) is 9.18 Å². The molecule has 1 fully saturated rings. The molecule has 170 valence electrons. The zero-order chi connectivity index (χ0) is 20.4. The first kappa shape index (κ1) is 25.4. The van der Waals surface area contributed by atoms with Gasteiger partial charge in [-0.25, -0.2) is 4.39 Å². The molecule has 4 rings (SSSR count). The van der Waals surface area contributed by atoms with Gasteiger partial charge in [0.25, 0.3) is 5.91 Å². The van der Waals surface area contributed by atoms with Crippen molar-refractivity contribution >= 4 is 42.1 Å². The largest absolute Gasteiger partial charge is 0.369 e. The number of fused-ring (bicyclic) bond motifs is 1. The molecule has 0 radical (unpaired) electrons. The average molecular weight is 469 g/mol. The fourth-order valence-corrected chi connectivity index (χ4v) is 4.14. The van der Waals surface area contributed by atoms with Crippen molar-refractivity contribution in [2.45, 2.75) is 32.9 Å². The van der Waals surface area contributed by atoms with Crippen molar-refractivity contribution in [1.82, 2.24) is 10.2 Å². The van der Waals surface area contributed by atoms with E-state index in [0.29, 0.717) is 30.1 Å². The van der Waals surface area contributed by atoms with Crippen LogP contribution in [0, 0.1) is 5.82 Å². The van der Waals surface area contributed by atoms with E-state index in [0.717, 1.165) is 44.0 Å². The lowest BCUT2D eigenvalue weighted by atomic mass is 9.99. The number of piperazine rings is 1. The number of nitrogens with zero attached hydrogens (tertiary/aromatic N) is 2. The molecule has 1 amide bonds. The normalized spacial score (nSPS) is 16.2. The first-order valence-corrected chi connectivity index (χ1v) is 10.4. The molecule has 0 unspecified atom stereocenters. The highest BCUT2D eigenvalue weighted by Crippen LogP contribution is 2.25. The molecule has 0 spiro atoms. The fourth-order valence-electron chi connectivity index (χ4n) is 4.14. The minimum Gasteiger partial charge on any atom is -0.369 e. The first-order valence-electron chi connectivity index (χ1n) is 10.4. The lowest BCUT2D eigenvalue weighted by Crippen LogP contribution is -2.48. The van der Waals surface area contributed by atoms with Crippen LogP contribution in [0.15, 0.2) is 36.4 Å². The minimum atomic E-state index is -0.308. The predicted molar refractivity (Wildman–Crippen MR) is 130 cm³/mol. The Bertz CT molecular complexity index is 884. The predicted octanol–water partition coefficient (Wildman–Crippen LogP) is 4.10. The average Bonchev–Trinajstić information content (AvgIpc) is 2.76. The van der Waals surface area contributed by atoms with Gasteiger partial charge in [0.05, 0.1) is 5.69 Å². The van der Waals surface area contributed by atoms with Crippen LogP contribution in [-0.2, 0) is 13.0 Å². The molecule has 31 heavy (non-hydrogen) atoms. The molecule has 0 atom stereocenters. The molecule has 0 saturated carbocycles. The van der Waals surface area contributed by atoms with Gasteiger partial charge in [0, 0.05) is 50.0 Å². The third kappa shape index (κ3) is 5.69. The summed E-state index contributed by atoms with van der Waals surface area (Å²) in [5, 5.41) is 5.97. The van der Waals surface area contributed by atoms with Crippen LogP contribution >= 0.6 is 24.8 Å². The topological polar surface area (TPSA) is 47.6 Å². The number of carbonyl (C=O) groups excluding carboxylic acids is 1. The number of rotatable bonds is 4. The molecule has 5 nitrogen and oxygen atoms in total. The second-order valence-electron chi connectivity index (χ2n) is 8.11. The zero-order valence-electron chi connectivity index (χ0n) is 18.0. The lowest BCUT2D eigenvalue weighted by molar-refractivity contribution is 0.102. The number of nitrogens with one attached hydrogen (secondary N) is 2. The summed E-state index contributed by atoms with van der Waals surface area (Å²) in [6.07, 6.45) is 0.643. The van der Waals surface area contributed by atoms with E-state index in [2.05, 4.69) is 34.3 Å². The van der Waals surface area contributed by atoms with E-state index in [-0.39, 0.29) is 42.2 Å². The van der Waals surface area contributed by atoms with Crippen molar-refractivity contribution in [2.24, 2.45) is 0 Å². The molecule has 2 N–H and O–H groups in total. The van der Waals surface area contributed by atoms with Crippen LogP contribution < -0.4 is 15.5 Å². The van der Waals surface area contributed by atoms with Gasteiger partial charge in [-0.15, -0.1) is 24.8 Å². The number of hydrogen-bond acceptors (Lipinski definition) is 4. The summed E-state index contributed by atoms with van der Waals surface area (Å²) in [5.41, 5.74) is 3.58. The van der Waals surface area contributed by atoms with Crippen LogP contribution in [-0.4, -0.2) is 49.6 Å². The highest BCUT2D eigenvalue weighted by molar-refractivity contribution is 6.04. The van der Waals surface area contributed by atoms with Crippen LogP contribution in [0.3, 0.4) is 0 Å². The molecule has 1 saturated heterocycles. The van der Waals surface area contributed by atoms with Gasteiger partial charge in [-0.05, 0) is 68.3 Å². The Labute approximate surface area is 196 Å². The van der Waals surface area contributed by atoms with Crippen LogP contribution in [0.2, 0.25) is 0 Å². The molecule has 0 aromatic heterocycles. The van der Waals surface area contributed by atoms with Gasteiger partial charge in [0.2, 0.25) is 0 Å². The maximum atomic E-state index is 14.8. The molecular formula is C23H31Cl2FN4O. The molecule has 8 heteroatoms. The van der Waals surface area contributed by atoms with Crippen LogP contribution in [0.5, 0.6) is 0 Å². The lowest BCUT2D eigenvalue weighted by Gasteiger charge is -2.38. The Morgan fingerprint density at radius 1 is 1.03 bits per heavy atom. The van der Waals surface area contributed by atoms with Gasteiger partial charge < -0.3 is 15.5 Å². The molecular weight excluding hydrogens is 438 g/mol. The Morgan fingerprint density at radius 3 is 2.35 bits per heavy atom. The van der Waals surface area contributed by atoms with Crippen LogP contribution in [0.4, 0.5) is 15.8 Å². The highest BCUT2D eigenvalue weighted by Gasteiger charge is 2.20. The summed E-state index contributed by atoms with van der Waals surface area (Å²) in [5.74, 6) is -0.592. The summed E-state index contributed by atoms with van der Waals surface area (Å²) < 4.78 is 14.8. The second kappa shape index (κ2) is 11.1. The third-order valence-electron chi connectivity index (χ3n) is 5.99. The number of halogens is 3. The van der Waals surface area contributed by atoms with Gasteiger partial charge in [-0.3, -0.25) is 9.69 Å². The van der Waals surface area contributed by atoms with E-state index in [1.807, 2.05) is 30.3 Å². The van der Waals surface area contributed by atoms with Crippen molar-refractivity contribution in [3.63, 3.8) is 0 Å². The van der Waals surface area contributed by atoms with E-state index >= 15 is 0 Å². The van der Waals surface area contributed by atoms with Gasteiger partial charge in [-0.2, -0.15) is 0 Å². The fraction of sp³-hybridized carbons (Fsp3) is 0.435. The van der Waals surface area contributed by atoms with E-state index in [1.54, 1.807) is 6.07 Å². The summed E-state index contributed by atoms with van der Waals surface area (Å²) in [6, 6.07) is 11.7. The van der Waals surface area contributed by atoms with Gasteiger partial charge in [-0.1, -0.05) is 6.07 Å². The Balaban J connectivity index is 0.00000171. The van der Waals surface area contributed by atoms with E-state index < -0.39 is 0 Å². The van der Waals surface area contributed by atoms with Crippen molar-refractivity contribution < 1.29 is 9.18 Å². The standard InChI is InChI=1S/C23H29FN4O.2ClH/c1-16(2)27-11-13-28(14-12-27)19-6-3-17(4-7-19)23(29)26-21-8-5-18-15-25-10-9-20(18)22(21)24;;/h3-8,16,25H,9-15H2,1-2H3,(H,26,29);2*1H. The number of benzene rings is 2. The quantitative estimate of drug-likeness (QED) is 0.708. The molecule has 2 heterocycles. The van der Waals surface area contributed by atoms with Gasteiger partial charge >= 0.3 is 0 Å². The van der Waals surface area contributed by atoms with Gasteiger partial charge in [0.1, 0.15) is 5.82 Å². The summed E-state index contributed by atoms with van der Waals surface area (Å²) in [4.78, 5) is 17.4. The Hall–Kier alpha value is -1.86. The maximum absolute atomic E-state index is 14.8. The number of carbonyl (C=O) groups is 1. The van der Waals surface area contributed by atoms with Gasteiger partial charge in [0.15, 0.2) is 0 Å². The van der Waals surface area contributed by atoms with Crippen molar-refractivity contribution in [3.8, 4) is 0 Å². The smallest absolute Gasteiger partial charge is 0.255 e. The molecule has 2 aromatic carbocycles. The van der Waals surface area contributed by atoms with Crippen molar-refractivity contribution in [2.75, 3.05) is 42.9 Å². The Kier molecular flexibility index (Phi) is 9.13. The highest BCUT2D eigenvalue weighted by atomic mass is 35.5. The number of amides is 1. The van der Waals surface area contributed by atoms with Crippen LogP contribution in [0.1, 0.15) is 35.3 Å². The van der Waals surface area contributed by atoms with E-state index in [1.165, 1.54) is 0 Å².